The van der Waals surface area contributed by atoms with Crippen LogP contribution in [0.25, 0.3) is 10.2 Å². The van der Waals surface area contributed by atoms with E-state index in [1.54, 1.807) is 41.9 Å². The number of fused-ring (bicyclic) bond motifs is 1. The molecule has 1 atom stereocenters. The van der Waals surface area contributed by atoms with Crippen LogP contribution in [0, 0.1) is 13.8 Å². The predicted octanol–water partition coefficient (Wildman–Crippen LogP) is 4.03. The number of carbonyl (C=O) groups is 1. The first-order valence-corrected chi connectivity index (χ1v) is 8.04. The molecule has 0 fully saturated rings. The van der Waals surface area contributed by atoms with E-state index in [1.165, 1.54) is 10.4 Å². The summed E-state index contributed by atoms with van der Waals surface area (Å²) in [4.78, 5) is 21.9. The lowest BCUT2D eigenvalue weighted by atomic mass is 10.0. The fourth-order valence-electron chi connectivity index (χ4n) is 2.38. The summed E-state index contributed by atoms with van der Waals surface area (Å²) in [5.41, 5.74) is 3.21. The molecule has 1 unspecified atom stereocenters. The first-order chi connectivity index (χ1) is 10.5. The molecular weight excluding hydrogens is 316 g/mol. The third kappa shape index (κ3) is 2.48. The summed E-state index contributed by atoms with van der Waals surface area (Å²) in [6.45, 7) is 4.13. The highest BCUT2D eigenvalue weighted by Gasteiger charge is 2.19. The highest BCUT2D eigenvalue weighted by atomic mass is 32.1. The summed E-state index contributed by atoms with van der Waals surface area (Å²) in [5, 5.41) is 9.80. The largest absolute Gasteiger partial charge is 0.478 e. The molecule has 0 radical (unpaired) electrons. The van der Waals surface area contributed by atoms with E-state index in [-0.39, 0.29) is 10.8 Å². The van der Waals surface area contributed by atoms with E-state index in [2.05, 4.69) is 23.8 Å². The average molecular weight is 330 g/mol. The third-order valence-electron chi connectivity index (χ3n) is 3.73. The number of hydrogen-bond acceptors (Lipinski definition) is 5. The molecule has 0 aliphatic carbocycles. The third-order valence-corrected chi connectivity index (χ3v) is 5.39. The molecule has 0 aliphatic heterocycles. The molecule has 22 heavy (non-hydrogen) atoms. The van der Waals surface area contributed by atoms with Gasteiger partial charge in [0.05, 0.1) is 16.5 Å². The number of carboxylic acids is 1. The van der Waals surface area contributed by atoms with Gasteiger partial charge in [0.1, 0.15) is 11.2 Å². The number of aromatic carboxylic acids is 1. The zero-order valence-electron chi connectivity index (χ0n) is 12.1. The van der Waals surface area contributed by atoms with E-state index in [4.69, 9.17) is 17.7 Å². The van der Waals surface area contributed by atoms with Crippen molar-refractivity contribution in [1.82, 2.24) is 9.97 Å². The van der Waals surface area contributed by atoms with Crippen molar-refractivity contribution in [3.05, 3.63) is 57.9 Å². The Hall–Kier alpha value is -1.92. The highest BCUT2D eigenvalue weighted by molar-refractivity contribution is 7.80. The lowest BCUT2D eigenvalue weighted by molar-refractivity contribution is 0.0697. The number of carboxylic acid groups (broad SMARTS) is 1. The Bertz CT molecular complexity index is 856. The van der Waals surface area contributed by atoms with Gasteiger partial charge < -0.3 is 5.11 Å². The van der Waals surface area contributed by atoms with Crippen molar-refractivity contribution in [1.29, 1.82) is 0 Å². The summed E-state index contributed by atoms with van der Waals surface area (Å²) in [5.74, 6) is -0.934. The number of hydrogen-bond donors (Lipinski definition) is 2. The molecule has 112 valence electrons. The second-order valence-electron chi connectivity index (χ2n) is 5.05. The first-order valence-electron chi connectivity index (χ1n) is 6.71. The second kappa shape index (κ2) is 5.70. The zero-order chi connectivity index (χ0) is 15.9. The molecule has 1 N–H and O–H groups in total. The van der Waals surface area contributed by atoms with E-state index in [1.807, 2.05) is 0 Å². The van der Waals surface area contributed by atoms with Crippen molar-refractivity contribution < 1.29 is 9.90 Å². The number of rotatable bonds is 3. The van der Waals surface area contributed by atoms with Gasteiger partial charge >= 0.3 is 5.97 Å². The molecule has 3 aromatic rings. The molecule has 0 amide bonds. The fraction of sp³-hybridized carbons (Fsp3) is 0.188. The Morgan fingerprint density at radius 1 is 1.23 bits per heavy atom. The van der Waals surface area contributed by atoms with Gasteiger partial charge in [-0.2, -0.15) is 12.6 Å². The minimum Gasteiger partial charge on any atom is -0.478 e. The number of nitrogens with zero attached hydrogens (tertiary/aromatic N) is 2. The maximum atomic E-state index is 10.9. The SMILES string of the molecule is Cc1sc2ncnc(C(S)c3ccc(C(=O)O)cc3)c2c1C. The van der Waals surface area contributed by atoms with Crippen molar-refractivity contribution in [2.24, 2.45) is 0 Å². The fourth-order valence-corrected chi connectivity index (χ4v) is 3.76. The number of aryl methyl sites for hydroxylation is 2. The van der Waals surface area contributed by atoms with Crippen LogP contribution < -0.4 is 0 Å². The predicted molar refractivity (Wildman–Crippen MR) is 91.1 cm³/mol. The summed E-state index contributed by atoms with van der Waals surface area (Å²) < 4.78 is 0. The number of benzene rings is 1. The number of aromatic nitrogens is 2. The molecule has 0 saturated carbocycles. The molecule has 2 aromatic heterocycles. The Labute approximate surface area is 137 Å². The molecular formula is C16H14N2O2S2. The number of thiophene rings is 1. The van der Waals surface area contributed by atoms with E-state index >= 15 is 0 Å². The first kappa shape index (κ1) is 15.0. The van der Waals surface area contributed by atoms with Crippen molar-refractivity contribution in [2.45, 2.75) is 19.1 Å². The average Bonchev–Trinajstić information content (AvgIpc) is 2.81. The van der Waals surface area contributed by atoms with Crippen LogP contribution in [0.15, 0.2) is 30.6 Å². The minimum absolute atomic E-state index is 0.221. The Morgan fingerprint density at radius 3 is 2.55 bits per heavy atom. The maximum absolute atomic E-state index is 10.9. The van der Waals surface area contributed by atoms with Crippen molar-refractivity contribution in [2.75, 3.05) is 0 Å². The van der Waals surface area contributed by atoms with Gasteiger partial charge in [-0.05, 0) is 37.1 Å². The zero-order valence-corrected chi connectivity index (χ0v) is 13.8. The monoisotopic (exact) mass is 330 g/mol. The molecule has 0 saturated heterocycles. The maximum Gasteiger partial charge on any atom is 0.335 e. The molecule has 2 heterocycles. The summed E-state index contributed by atoms with van der Waals surface area (Å²) >= 11 is 6.34. The van der Waals surface area contributed by atoms with Crippen LogP contribution in [0.3, 0.4) is 0 Å². The number of thiol groups is 1. The van der Waals surface area contributed by atoms with Crippen LogP contribution in [0.2, 0.25) is 0 Å². The van der Waals surface area contributed by atoms with E-state index in [0.29, 0.717) is 0 Å². The van der Waals surface area contributed by atoms with Crippen molar-refractivity contribution in [3.63, 3.8) is 0 Å². The molecule has 0 spiro atoms. The van der Waals surface area contributed by atoms with Gasteiger partial charge in [-0.15, -0.1) is 11.3 Å². The smallest absolute Gasteiger partial charge is 0.335 e. The molecule has 0 bridgehead atoms. The van der Waals surface area contributed by atoms with Gasteiger partial charge in [-0.3, -0.25) is 0 Å². The lowest BCUT2D eigenvalue weighted by Gasteiger charge is -2.12. The Kier molecular flexibility index (Phi) is 3.88. The van der Waals surface area contributed by atoms with Crippen LogP contribution in [0.1, 0.15) is 37.3 Å². The van der Waals surface area contributed by atoms with Crippen molar-refractivity contribution >= 4 is 40.2 Å². The van der Waals surface area contributed by atoms with E-state index in [0.717, 1.165) is 21.5 Å². The van der Waals surface area contributed by atoms with E-state index < -0.39 is 5.97 Å². The molecule has 0 aliphatic rings. The summed E-state index contributed by atoms with van der Waals surface area (Å²) in [6.07, 6.45) is 1.56. The van der Waals surface area contributed by atoms with Gasteiger partial charge in [0.15, 0.2) is 0 Å². The van der Waals surface area contributed by atoms with Crippen molar-refractivity contribution in [3.8, 4) is 0 Å². The molecule has 1 aromatic carbocycles. The molecule has 4 nitrogen and oxygen atoms in total. The lowest BCUT2D eigenvalue weighted by Crippen LogP contribution is -2.01. The summed E-state index contributed by atoms with van der Waals surface area (Å²) in [7, 11) is 0. The van der Waals surface area contributed by atoms with Crippen LogP contribution in [-0.2, 0) is 0 Å². The van der Waals surface area contributed by atoms with E-state index in [9.17, 15) is 4.79 Å². The second-order valence-corrected chi connectivity index (χ2v) is 6.77. The normalized spacial score (nSPS) is 12.5. The Morgan fingerprint density at radius 2 is 1.91 bits per heavy atom. The van der Waals surface area contributed by atoms with Gasteiger partial charge in [-0.1, -0.05) is 12.1 Å². The van der Waals surface area contributed by atoms with Gasteiger partial charge in [0.2, 0.25) is 0 Å². The van der Waals surface area contributed by atoms with Gasteiger partial charge in [-0.25, -0.2) is 14.8 Å². The van der Waals surface area contributed by atoms with Gasteiger partial charge in [0, 0.05) is 10.3 Å². The standard InChI is InChI=1S/C16H14N2O2S2/c1-8-9(2)22-15-12(8)13(17-7-18-15)14(21)10-3-5-11(6-4-10)16(19)20/h3-7,14,21H,1-2H3,(H,19,20). The Balaban J connectivity index is 2.08. The highest BCUT2D eigenvalue weighted by Crippen LogP contribution is 2.37. The minimum atomic E-state index is -0.934. The van der Waals surface area contributed by atoms with Crippen LogP contribution in [0.4, 0.5) is 0 Å². The van der Waals surface area contributed by atoms with Crippen LogP contribution >= 0.6 is 24.0 Å². The molecule has 6 heteroatoms. The quantitative estimate of drug-likeness (QED) is 0.712. The van der Waals surface area contributed by atoms with Crippen LogP contribution in [-0.4, -0.2) is 21.0 Å². The summed E-state index contributed by atoms with van der Waals surface area (Å²) in [6, 6.07) is 6.74. The molecule has 3 rings (SSSR count). The van der Waals surface area contributed by atoms with Gasteiger partial charge in [0.25, 0.3) is 0 Å². The topological polar surface area (TPSA) is 63.1 Å². The van der Waals surface area contributed by atoms with Crippen LogP contribution in [0.5, 0.6) is 0 Å².